The third kappa shape index (κ3) is 5.59. The number of ether oxygens (including phenoxy) is 2. The summed E-state index contributed by atoms with van der Waals surface area (Å²) >= 11 is 5.92. The number of hydrogen-bond acceptors (Lipinski definition) is 6. The van der Waals surface area contributed by atoms with Crippen molar-refractivity contribution in [2.75, 3.05) is 25.6 Å². The number of nitrogens with zero attached hydrogens (tertiary/aromatic N) is 3. The predicted molar refractivity (Wildman–Crippen MR) is 116 cm³/mol. The van der Waals surface area contributed by atoms with Gasteiger partial charge < -0.3 is 14.8 Å². The Bertz CT molecular complexity index is 1190. The van der Waals surface area contributed by atoms with Gasteiger partial charge in [-0.05, 0) is 35.9 Å². The average molecular weight is 445 g/mol. The van der Waals surface area contributed by atoms with E-state index in [0.717, 1.165) is 9.25 Å². The minimum atomic E-state index is -0.662. The minimum absolute atomic E-state index is 0.00335. The Balaban J connectivity index is 2.10. The molecule has 1 aromatic heterocycles. The number of aromatic nitrogens is 3. The van der Waals surface area contributed by atoms with Gasteiger partial charge in [-0.1, -0.05) is 29.8 Å². The first-order chi connectivity index (χ1) is 14.9. The SMILES string of the molecule is COCCOc1nn(-c2cccc(NC(C)=O)c2)c(=O)n(Cc2ccc(Cl)cc2)c1=O. The van der Waals surface area contributed by atoms with Gasteiger partial charge in [-0.2, -0.15) is 4.68 Å². The molecule has 0 aliphatic heterocycles. The van der Waals surface area contributed by atoms with Crippen molar-refractivity contribution < 1.29 is 14.3 Å². The van der Waals surface area contributed by atoms with E-state index in [0.29, 0.717) is 22.0 Å². The lowest BCUT2D eigenvalue weighted by molar-refractivity contribution is -0.114. The molecule has 0 aliphatic carbocycles. The molecular formula is C21H21ClN4O5. The molecule has 0 radical (unpaired) electrons. The second-order valence-electron chi connectivity index (χ2n) is 6.59. The molecule has 9 nitrogen and oxygen atoms in total. The van der Waals surface area contributed by atoms with E-state index >= 15 is 0 Å². The Labute approximate surface area is 182 Å². The van der Waals surface area contributed by atoms with Crippen molar-refractivity contribution in [2.45, 2.75) is 13.5 Å². The zero-order chi connectivity index (χ0) is 22.4. The molecule has 1 N–H and O–H groups in total. The smallest absolute Gasteiger partial charge is 0.352 e. The van der Waals surface area contributed by atoms with Crippen LogP contribution in [-0.2, 0) is 16.1 Å². The zero-order valence-electron chi connectivity index (χ0n) is 17.0. The van der Waals surface area contributed by atoms with Crippen LogP contribution >= 0.6 is 11.6 Å². The molecule has 0 aliphatic rings. The predicted octanol–water partition coefficient (Wildman–Crippen LogP) is 2.08. The number of carbonyl (C=O) groups excluding carboxylic acids is 1. The van der Waals surface area contributed by atoms with Crippen LogP contribution in [0.1, 0.15) is 12.5 Å². The molecule has 162 valence electrons. The standard InChI is InChI=1S/C21H21ClN4O5/c1-14(27)23-17-4-3-5-18(12-17)26-21(29)25(13-15-6-8-16(22)9-7-15)20(28)19(24-26)31-11-10-30-2/h3-9,12H,10-11,13H2,1-2H3,(H,23,27). The molecule has 0 fully saturated rings. The van der Waals surface area contributed by atoms with Gasteiger partial charge in [-0.3, -0.25) is 9.59 Å². The highest BCUT2D eigenvalue weighted by molar-refractivity contribution is 6.30. The van der Waals surface area contributed by atoms with Gasteiger partial charge in [0.15, 0.2) is 0 Å². The highest BCUT2D eigenvalue weighted by Crippen LogP contribution is 2.14. The van der Waals surface area contributed by atoms with E-state index in [1.165, 1.54) is 14.0 Å². The molecule has 3 aromatic rings. The van der Waals surface area contributed by atoms with E-state index in [9.17, 15) is 14.4 Å². The van der Waals surface area contributed by atoms with E-state index in [1.54, 1.807) is 48.5 Å². The van der Waals surface area contributed by atoms with E-state index in [-0.39, 0.29) is 31.5 Å². The molecule has 0 saturated carbocycles. The molecule has 10 heteroatoms. The zero-order valence-corrected chi connectivity index (χ0v) is 17.8. The van der Waals surface area contributed by atoms with Crippen LogP contribution in [0.5, 0.6) is 5.88 Å². The summed E-state index contributed by atoms with van der Waals surface area (Å²) in [6, 6.07) is 13.3. The lowest BCUT2D eigenvalue weighted by atomic mass is 10.2. The number of nitrogens with one attached hydrogen (secondary N) is 1. The Hall–Kier alpha value is -3.43. The number of amides is 1. The van der Waals surface area contributed by atoms with Crippen LogP contribution in [0.15, 0.2) is 58.1 Å². The van der Waals surface area contributed by atoms with Gasteiger partial charge in [0.2, 0.25) is 5.91 Å². The van der Waals surface area contributed by atoms with Crippen molar-refractivity contribution in [2.24, 2.45) is 0 Å². The summed E-state index contributed by atoms with van der Waals surface area (Å²) in [6.45, 7) is 1.72. The first-order valence-corrected chi connectivity index (χ1v) is 9.75. The average Bonchev–Trinajstić information content (AvgIpc) is 2.74. The summed E-state index contributed by atoms with van der Waals surface area (Å²) in [4.78, 5) is 37.4. The molecule has 0 spiro atoms. The number of anilines is 1. The molecular weight excluding hydrogens is 424 g/mol. The first kappa shape index (κ1) is 22.3. The fraction of sp³-hybridized carbons (Fsp3) is 0.238. The number of benzene rings is 2. The molecule has 3 rings (SSSR count). The third-order valence-corrected chi connectivity index (χ3v) is 4.47. The van der Waals surface area contributed by atoms with Crippen LogP contribution in [0.2, 0.25) is 5.02 Å². The highest BCUT2D eigenvalue weighted by Gasteiger charge is 2.16. The molecule has 0 atom stereocenters. The summed E-state index contributed by atoms with van der Waals surface area (Å²) in [7, 11) is 1.50. The van der Waals surface area contributed by atoms with Crippen molar-refractivity contribution >= 4 is 23.2 Å². The summed E-state index contributed by atoms with van der Waals surface area (Å²) < 4.78 is 12.5. The second-order valence-corrected chi connectivity index (χ2v) is 7.03. The first-order valence-electron chi connectivity index (χ1n) is 9.37. The Morgan fingerprint density at radius 3 is 2.55 bits per heavy atom. The van der Waals surface area contributed by atoms with Crippen molar-refractivity contribution in [3.05, 3.63) is 80.0 Å². The molecule has 31 heavy (non-hydrogen) atoms. The monoisotopic (exact) mass is 444 g/mol. The summed E-state index contributed by atoms with van der Waals surface area (Å²) in [5, 5.41) is 7.30. The van der Waals surface area contributed by atoms with Crippen LogP contribution in [0.25, 0.3) is 5.69 Å². The molecule has 2 aromatic carbocycles. The van der Waals surface area contributed by atoms with Gasteiger partial charge in [-0.15, -0.1) is 5.10 Å². The van der Waals surface area contributed by atoms with Crippen LogP contribution in [0, 0.1) is 0 Å². The fourth-order valence-corrected chi connectivity index (χ4v) is 2.93. The molecule has 0 saturated heterocycles. The van der Waals surface area contributed by atoms with Crippen LogP contribution in [-0.4, -0.2) is 40.6 Å². The quantitative estimate of drug-likeness (QED) is 0.533. The van der Waals surface area contributed by atoms with Crippen molar-refractivity contribution in [1.82, 2.24) is 14.3 Å². The number of halogens is 1. The maximum Gasteiger partial charge on any atom is 0.352 e. The van der Waals surface area contributed by atoms with Crippen LogP contribution in [0.3, 0.4) is 0 Å². The number of rotatable bonds is 8. The molecule has 0 unspecified atom stereocenters. The highest BCUT2D eigenvalue weighted by atomic mass is 35.5. The normalized spacial score (nSPS) is 10.7. The fourth-order valence-electron chi connectivity index (χ4n) is 2.80. The second kappa shape index (κ2) is 10.1. The Morgan fingerprint density at radius 1 is 1.13 bits per heavy atom. The number of carbonyl (C=O) groups is 1. The van der Waals surface area contributed by atoms with Crippen LogP contribution < -0.4 is 21.3 Å². The van der Waals surface area contributed by atoms with Crippen molar-refractivity contribution in [3.63, 3.8) is 0 Å². The molecule has 1 amide bonds. The Morgan fingerprint density at radius 2 is 1.87 bits per heavy atom. The largest absolute Gasteiger partial charge is 0.470 e. The Kier molecular flexibility index (Phi) is 7.22. The third-order valence-electron chi connectivity index (χ3n) is 4.22. The van der Waals surface area contributed by atoms with Gasteiger partial charge >= 0.3 is 11.2 Å². The summed E-state index contributed by atoms with van der Waals surface area (Å²) in [5.74, 6) is -0.496. The van der Waals surface area contributed by atoms with Gasteiger partial charge in [0, 0.05) is 24.7 Å². The summed E-state index contributed by atoms with van der Waals surface area (Å²) in [6.07, 6.45) is 0. The van der Waals surface area contributed by atoms with Crippen molar-refractivity contribution in [3.8, 4) is 11.6 Å². The minimum Gasteiger partial charge on any atom is -0.470 e. The van der Waals surface area contributed by atoms with E-state index < -0.39 is 11.2 Å². The van der Waals surface area contributed by atoms with E-state index in [4.69, 9.17) is 21.1 Å². The molecule has 1 heterocycles. The number of hydrogen-bond donors (Lipinski definition) is 1. The molecule has 0 bridgehead atoms. The van der Waals surface area contributed by atoms with Gasteiger partial charge in [0.05, 0.1) is 18.8 Å². The van der Waals surface area contributed by atoms with Gasteiger partial charge in [-0.25, -0.2) is 9.36 Å². The lowest BCUT2D eigenvalue weighted by Crippen LogP contribution is -2.42. The van der Waals surface area contributed by atoms with Crippen LogP contribution in [0.4, 0.5) is 5.69 Å². The summed E-state index contributed by atoms with van der Waals surface area (Å²) in [5.41, 5.74) is 0.231. The van der Waals surface area contributed by atoms with Gasteiger partial charge in [0.1, 0.15) is 6.61 Å². The van der Waals surface area contributed by atoms with E-state index in [2.05, 4.69) is 10.4 Å². The van der Waals surface area contributed by atoms with Gasteiger partial charge in [0.25, 0.3) is 5.88 Å². The number of methoxy groups -OCH3 is 1. The topological polar surface area (TPSA) is 104 Å². The van der Waals surface area contributed by atoms with E-state index in [1.807, 2.05) is 0 Å². The maximum absolute atomic E-state index is 13.1. The van der Waals surface area contributed by atoms with Crippen molar-refractivity contribution in [1.29, 1.82) is 0 Å². The maximum atomic E-state index is 13.1. The lowest BCUT2D eigenvalue weighted by Gasteiger charge is -2.13.